The summed E-state index contributed by atoms with van der Waals surface area (Å²) in [5.41, 5.74) is 5.85. The molecule has 0 aliphatic rings. The van der Waals surface area contributed by atoms with Gasteiger partial charge in [-0.2, -0.15) is 13.2 Å². The first-order chi connectivity index (χ1) is 33.8. The van der Waals surface area contributed by atoms with Crippen LogP contribution in [0.4, 0.5) is 22.0 Å². The van der Waals surface area contributed by atoms with Gasteiger partial charge in [-0.25, -0.2) is 28.7 Å². The van der Waals surface area contributed by atoms with Crippen molar-refractivity contribution in [1.82, 2.24) is 28.7 Å². The molecule has 0 aliphatic carbocycles. The van der Waals surface area contributed by atoms with E-state index in [-0.39, 0.29) is 47.3 Å². The van der Waals surface area contributed by atoms with E-state index in [1.54, 1.807) is 22.7 Å². The highest BCUT2D eigenvalue weighted by atomic mass is 19.4. The standard InChI is InChI=1S/C27H20F3N3O3.C26H19F2N3O3/c1-17(34)35-26-22(15-20-12-13-24(36-20)27(28,29)30)32-25-21(14-18-8-4-2-5-9-18)31-23(16-33(25)26)19-10-6-3-7-11-19;1-16(32)34-26-22(14-18-9-6-12-33-18)30-25-21(13-17-7-3-2-4-8-17)29-23(15-31(25)26)24-19(27)10-5-11-20(24)28/h2-13,16H,14-15H2,1H3;2-12,15H,13-14H2,1H3. The molecular formula is C53H39F5N6O6. The molecule has 10 aromatic rings. The molecule has 17 heteroatoms. The number of nitrogens with zero attached hydrogens (tertiary/aromatic N) is 6. The maximum atomic E-state index is 14.7. The second-order valence-corrected chi connectivity index (χ2v) is 15.9. The third kappa shape index (κ3) is 10.4. The lowest BCUT2D eigenvalue weighted by Crippen LogP contribution is -2.08. The van der Waals surface area contributed by atoms with Crippen LogP contribution in [0.1, 0.15) is 65.0 Å². The average Bonchev–Trinajstić information content (AvgIpc) is 4.16. The van der Waals surface area contributed by atoms with E-state index in [4.69, 9.17) is 28.3 Å². The van der Waals surface area contributed by atoms with Crippen LogP contribution < -0.4 is 9.47 Å². The summed E-state index contributed by atoms with van der Waals surface area (Å²) in [5, 5.41) is 0. The van der Waals surface area contributed by atoms with E-state index in [1.807, 2.05) is 91.0 Å². The lowest BCUT2D eigenvalue weighted by atomic mass is 10.1. The van der Waals surface area contributed by atoms with Crippen LogP contribution in [0, 0.1) is 11.6 Å². The number of hydrogen-bond donors (Lipinski definition) is 0. The summed E-state index contributed by atoms with van der Waals surface area (Å²) in [6.07, 6.45) is 1.02. The van der Waals surface area contributed by atoms with Crippen molar-refractivity contribution in [2.24, 2.45) is 0 Å². The van der Waals surface area contributed by atoms with Crippen LogP contribution in [-0.4, -0.2) is 40.7 Å². The zero-order valence-electron chi connectivity index (χ0n) is 37.3. The van der Waals surface area contributed by atoms with Gasteiger partial charge in [0.2, 0.25) is 17.5 Å². The van der Waals surface area contributed by atoms with E-state index in [9.17, 15) is 31.5 Å². The fourth-order valence-electron chi connectivity index (χ4n) is 7.78. The fraction of sp³-hybridized carbons (Fsp3) is 0.132. The molecule has 0 fully saturated rings. The van der Waals surface area contributed by atoms with E-state index in [2.05, 4.69) is 9.97 Å². The lowest BCUT2D eigenvalue weighted by molar-refractivity contribution is -0.153. The van der Waals surface area contributed by atoms with Gasteiger partial charge in [-0.3, -0.25) is 18.4 Å². The average molecular weight is 951 g/mol. The Hall–Kier alpha value is -8.73. The number of ether oxygens (including phenoxy) is 2. The summed E-state index contributed by atoms with van der Waals surface area (Å²) in [6.45, 7) is 2.53. The number of esters is 2. The van der Waals surface area contributed by atoms with Gasteiger partial charge >= 0.3 is 18.1 Å². The first kappa shape index (κ1) is 46.4. The molecule has 0 atom stereocenters. The van der Waals surface area contributed by atoms with E-state index in [1.165, 1.54) is 55.0 Å². The van der Waals surface area contributed by atoms with Crippen LogP contribution in [0.2, 0.25) is 0 Å². The Kier molecular flexibility index (Phi) is 13.2. The molecule has 0 spiro atoms. The van der Waals surface area contributed by atoms with E-state index < -0.39 is 35.5 Å². The van der Waals surface area contributed by atoms with Crippen molar-refractivity contribution in [1.29, 1.82) is 0 Å². The van der Waals surface area contributed by atoms with Gasteiger partial charge in [-0.1, -0.05) is 97.1 Å². The number of imidazole rings is 2. The molecule has 0 aliphatic heterocycles. The Morgan fingerprint density at radius 1 is 0.543 bits per heavy atom. The van der Waals surface area contributed by atoms with Crippen LogP contribution in [0.25, 0.3) is 33.8 Å². The third-order valence-electron chi connectivity index (χ3n) is 10.8. The second-order valence-electron chi connectivity index (χ2n) is 15.9. The molecule has 6 heterocycles. The number of carbonyl (C=O) groups excluding carboxylic acids is 2. The second kappa shape index (κ2) is 19.9. The number of hydrogen-bond acceptors (Lipinski definition) is 10. The largest absolute Gasteiger partial charge is 0.469 e. The van der Waals surface area contributed by atoms with Gasteiger partial charge in [0, 0.05) is 44.6 Å². The topological polar surface area (TPSA) is 139 Å². The van der Waals surface area contributed by atoms with Gasteiger partial charge in [0.1, 0.15) is 34.5 Å². The normalized spacial score (nSPS) is 11.4. The van der Waals surface area contributed by atoms with Gasteiger partial charge in [0.25, 0.3) is 0 Å². The molecule has 0 N–H and O–H groups in total. The molecule has 70 heavy (non-hydrogen) atoms. The van der Waals surface area contributed by atoms with Crippen LogP contribution in [-0.2, 0) is 41.4 Å². The summed E-state index contributed by atoms with van der Waals surface area (Å²) in [5.74, 6) is -2.82. The summed E-state index contributed by atoms with van der Waals surface area (Å²) < 4.78 is 93.0. The van der Waals surface area contributed by atoms with Gasteiger partial charge in [0.05, 0.1) is 47.4 Å². The minimum Gasteiger partial charge on any atom is -0.469 e. The number of rotatable bonds is 12. The van der Waals surface area contributed by atoms with E-state index in [0.29, 0.717) is 52.7 Å². The van der Waals surface area contributed by atoms with Gasteiger partial charge in [-0.15, -0.1) is 0 Å². The number of benzene rings is 4. The van der Waals surface area contributed by atoms with E-state index >= 15 is 0 Å². The van der Waals surface area contributed by atoms with Crippen molar-refractivity contribution >= 4 is 23.2 Å². The van der Waals surface area contributed by atoms with Crippen molar-refractivity contribution in [3.05, 3.63) is 215 Å². The summed E-state index contributed by atoms with van der Waals surface area (Å²) >= 11 is 0. The van der Waals surface area contributed by atoms with Crippen molar-refractivity contribution in [2.75, 3.05) is 0 Å². The molecular weight excluding hydrogens is 912 g/mol. The van der Waals surface area contributed by atoms with Crippen LogP contribution in [0.15, 0.2) is 161 Å². The molecule has 6 aromatic heterocycles. The molecule has 0 unspecified atom stereocenters. The first-order valence-corrected chi connectivity index (χ1v) is 21.7. The van der Waals surface area contributed by atoms with Crippen molar-refractivity contribution in [3.8, 4) is 34.3 Å². The third-order valence-corrected chi connectivity index (χ3v) is 10.8. The Balaban J connectivity index is 0.000000174. The molecule has 0 saturated heterocycles. The van der Waals surface area contributed by atoms with Crippen molar-refractivity contribution in [2.45, 2.75) is 45.7 Å². The van der Waals surface area contributed by atoms with Gasteiger partial charge in [-0.05, 0) is 47.5 Å². The predicted octanol–water partition coefficient (Wildman–Crippen LogP) is 11.5. The maximum absolute atomic E-state index is 14.7. The smallest absolute Gasteiger partial charge is 0.449 e. The van der Waals surface area contributed by atoms with Crippen LogP contribution >= 0.6 is 0 Å². The molecule has 4 aromatic carbocycles. The zero-order chi connectivity index (χ0) is 48.9. The van der Waals surface area contributed by atoms with Crippen molar-refractivity contribution in [3.63, 3.8) is 0 Å². The zero-order valence-corrected chi connectivity index (χ0v) is 37.3. The van der Waals surface area contributed by atoms with Crippen LogP contribution in [0.5, 0.6) is 11.8 Å². The number of carbonyl (C=O) groups is 2. The predicted molar refractivity (Wildman–Crippen MR) is 246 cm³/mol. The summed E-state index contributed by atoms with van der Waals surface area (Å²) in [7, 11) is 0. The maximum Gasteiger partial charge on any atom is 0.449 e. The SMILES string of the molecule is CC(=O)Oc1c(Cc2ccc(C(F)(F)F)o2)nc2c(Cc3ccccc3)nc(-c3ccccc3)cn12.CC(=O)Oc1c(Cc2ccco2)nc2c(Cc3ccccc3)nc(-c3c(F)cccc3F)cn12. The van der Waals surface area contributed by atoms with Crippen molar-refractivity contribution < 1.29 is 49.8 Å². The highest BCUT2D eigenvalue weighted by Gasteiger charge is 2.35. The molecule has 0 radical (unpaired) electrons. The fourth-order valence-corrected chi connectivity index (χ4v) is 7.78. The molecule has 0 bridgehead atoms. The Morgan fingerprint density at radius 3 is 1.53 bits per heavy atom. The molecule has 0 saturated carbocycles. The quantitative estimate of drug-likeness (QED) is 0.0859. The lowest BCUT2D eigenvalue weighted by Gasteiger charge is -2.11. The Bertz CT molecular complexity index is 3440. The molecule has 0 amide bonds. The Morgan fingerprint density at radius 2 is 1.04 bits per heavy atom. The number of alkyl halides is 3. The first-order valence-electron chi connectivity index (χ1n) is 21.7. The monoisotopic (exact) mass is 950 g/mol. The molecule has 10 rings (SSSR count). The number of fused-ring (bicyclic) bond motifs is 2. The highest BCUT2D eigenvalue weighted by molar-refractivity contribution is 5.72. The van der Waals surface area contributed by atoms with Crippen LogP contribution in [0.3, 0.4) is 0 Å². The number of halogens is 5. The summed E-state index contributed by atoms with van der Waals surface area (Å²) in [6, 6.07) is 38.0. The van der Waals surface area contributed by atoms with E-state index in [0.717, 1.165) is 22.8 Å². The van der Waals surface area contributed by atoms with Gasteiger partial charge in [0.15, 0.2) is 11.3 Å². The number of furan rings is 2. The Labute approximate surface area is 395 Å². The molecule has 12 nitrogen and oxygen atoms in total. The molecule has 352 valence electrons. The minimum atomic E-state index is -4.60. The number of aromatic nitrogens is 6. The summed E-state index contributed by atoms with van der Waals surface area (Å²) in [4.78, 5) is 42.7. The minimum absolute atomic E-state index is 0.0417. The highest BCUT2D eigenvalue weighted by Crippen LogP contribution is 2.35. The van der Waals surface area contributed by atoms with Gasteiger partial charge < -0.3 is 18.3 Å².